The molecule has 0 spiro atoms. The highest BCUT2D eigenvalue weighted by atomic mass is 16.5. The average molecular weight is 300 g/mol. The van der Waals surface area contributed by atoms with Crippen molar-refractivity contribution in [3.8, 4) is 0 Å². The molecule has 0 aliphatic heterocycles. The number of esters is 1. The molecule has 0 radical (unpaired) electrons. The molecular weight excluding hydrogens is 276 g/mol. The van der Waals surface area contributed by atoms with Crippen molar-refractivity contribution >= 4 is 5.97 Å². The lowest BCUT2D eigenvalue weighted by atomic mass is 10.1. The molecule has 4 nitrogen and oxygen atoms in total. The number of nitrogens with one attached hydrogen (secondary N) is 1. The van der Waals surface area contributed by atoms with Crippen molar-refractivity contribution < 1.29 is 9.53 Å². The van der Waals surface area contributed by atoms with Gasteiger partial charge in [-0.05, 0) is 43.4 Å². The molecule has 22 heavy (non-hydrogen) atoms. The molecule has 0 fully saturated rings. The number of rotatable bonds is 9. The van der Waals surface area contributed by atoms with E-state index in [4.69, 9.17) is 4.74 Å². The Labute approximate surface area is 131 Å². The van der Waals surface area contributed by atoms with Crippen LogP contribution in [0.4, 0.5) is 0 Å². The van der Waals surface area contributed by atoms with Crippen molar-refractivity contribution in [2.24, 2.45) is 0 Å². The number of H-pyrrole nitrogens is 1. The van der Waals surface area contributed by atoms with Crippen LogP contribution in [0.1, 0.15) is 54.4 Å². The number of aryl methyl sites for hydroxylation is 2. The van der Waals surface area contributed by atoms with Crippen molar-refractivity contribution in [3.05, 3.63) is 53.6 Å². The van der Waals surface area contributed by atoms with Crippen LogP contribution < -0.4 is 0 Å². The minimum absolute atomic E-state index is 0.224. The fraction of sp³-hybridized carbons (Fsp3) is 0.444. The molecular formula is C18H24N2O2. The Balaban J connectivity index is 1.70. The summed E-state index contributed by atoms with van der Waals surface area (Å²) in [5.74, 6) is 0.822. The Bertz CT molecular complexity index is 547. The van der Waals surface area contributed by atoms with E-state index in [1.807, 2.05) is 30.5 Å². The van der Waals surface area contributed by atoms with Gasteiger partial charge in [-0.1, -0.05) is 25.5 Å². The van der Waals surface area contributed by atoms with Crippen LogP contribution in [0.25, 0.3) is 0 Å². The number of ether oxygens (including phenoxy) is 1. The first-order chi connectivity index (χ1) is 10.8. The second-order valence-electron chi connectivity index (χ2n) is 5.43. The van der Waals surface area contributed by atoms with Gasteiger partial charge in [-0.2, -0.15) is 0 Å². The largest absolute Gasteiger partial charge is 0.462 e. The number of hydrogen-bond acceptors (Lipinski definition) is 3. The van der Waals surface area contributed by atoms with Crippen LogP contribution >= 0.6 is 0 Å². The zero-order valence-electron chi connectivity index (χ0n) is 13.2. The fourth-order valence-corrected chi connectivity index (χ4v) is 2.26. The maximum Gasteiger partial charge on any atom is 0.338 e. The first kappa shape index (κ1) is 16.3. The predicted octanol–water partition coefficient (Wildman–Crippen LogP) is 3.93. The Morgan fingerprint density at radius 2 is 1.91 bits per heavy atom. The third kappa shape index (κ3) is 5.35. The van der Waals surface area contributed by atoms with Crippen molar-refractivity contribution in [3.63, 3.8) is 0 Å². The number of nitrogens with zero attached hydrogens (tertiary/aromatic N) is 1. The fourth-order valence-electron chi connectivity index (χ4n) is 2.26. The van der Waals surface area contributed by atoms with Gasteiger partial charge in [0.15, 0.2) is 0 Å². The molecule has 0 unspecified atom stereocenters. The standard InChI is InChI=1S/C18H24N2O2/c1-2-3-14-22-18(21)16-10-8-15(9-11-16)6-4-5-7-17-19-12-13-20-17/h8-13H,2-7,14H2,1H3,(H,19,20). The smallest absolute Gasteiger partial charge is 0.338 e. The van der Waals surface area contributed by atoms with E-state index >= 15 is 0 Å². The summed E-state index contributed by atoms with van der Waals surface area (Å²) in [7, 11) is 0. The van der Waals surface area contributed by atoms with E-state index in [1.54, 1.807) is 6.20 Å². The molecule has 0 amide bonds. The molecule has 1 N–H and O–H groups in total. The van der Waals surface area contributed by atoms with Gasteiger partial charge < -0.3 is 9.72 Å². The molecule has 2 rings (SSSR count). The van der Waals surface area contributed by atoms with E-state index in [1.165, 1.54) is 5.56 Å². The highest BCUT2D eigenvalue weighted by molar-refractivity contribution is 5.89. The van der Waals surface area contributed by atoms with Gasteiger partial charge in [0.25, 0.3) is 0 Å². The molecule has 0 aliphatic rings. The van der Waals surface area contributed by atoms with Gasteiger partial charge in [0.1, 0.15) is 5.82 Å². The lowest BCUT2D eigenvalue weighted by molar-refractivity contribution is 0.0499. The number of benzene rings is 1. The monoisotopic (exact) mass is 300 g/mol. The van der Waals surface area contributed by atoms with E-state index in [0.29, 0.717) is 12.2 Å². The van der Waals surface area contributed by atoms with Gasteiger partial charge in [-0.25, -0.2) is 9.78 Å². The summed E-state index contributed by atoms with van der Waals surface area (Å²) in [6, 6.07) is 7.75. The molecule has 0 atom stereocenters. The van der Waals surface area contributed by atoms with Crippen LogP contribution in [0.15, 0.2) is 36.7 Å². The van der Waals surface area contributed by atoms with Gasteiger partial charge in [0.2, 0.25) is 0 Å². The molecule has 4 heteroatoms. The van der Waals surface area contributed by atoms with Crippen LogP contribution in [-0.2, 0) is 17.6 Å². The molecule has 0 aliphatic carbocycles. The quantitative estimate of drug-likeness (QED) is 0.564. The van der Waals surface area contributed by atoms with E-state index in [9.17, 15) is 4.79 Å². The topological polar surface area (TPSA) is 55.0 Å². The summed E-state index contributed by atoms with van der Waals surface area (Å²) in [6.45, 7) is 2.58. The molecule has 1 aromatic carbocycles. The third-order valence-corrected chi connectivity index (χ3v) is 3.60. The number of imidazole rings is 1. The number of carbonyl (C=O) groups is 1. The van der Waals surface area contributed by atoms with Gasteiger partial charge in [0, 0.05) is 18.8 Å². The summed E-state index contributed by atoms with van der Waals surface area (Å²) in [4.78, 5) is 19.1. The first-order valence-electron chi connectivity index (χ1n) is 8.04. The molecule has 118 valence electrons. The van der Waals surface area contributed by atoms with Crippen molar-refractivity contribution in [1.82, 2.24) is 9.97 Å². The highest BCUT2D eigenvalue weighted by Crippen LogP contribution is 2.10. The van der Waals surface area contributed by atoms with Crippen LogP contribution in [0.5, 0.6) is 0 Å². The van der Waals surface area contributed by atoms with Crippen molar-refractivity contribution in [1.29, 1.82) is 0 Å². The lowest BCUT2D eigenvalue weighted by Gasteiger charge is -2.05. The molecule has 0 saturated heterocycles. The molecule has 0 bridgehead atoms. The third-order valence-electron chi connectivity index (χ3n) is 3.60. The van der Waals surface area contributed by atoms with Gasteiger partial charge in [0.05, 0.1) is 12.2 Å². The van der Waals surface area contributed by atoms with E-state index < -0.39 is 0 Å². The highest BCUT2D eigenvalue weighted by Gasteiger charge is 2.06. The average Bonchev–Trinajstić information content (AvgIpc) is 3.06. The summed E-state index contributed by atoms with van der Waals surface area (Å²) in [5, 5.41) is 0. The van der Waals surface area contributed by atoms with Crippen LogP contribution in [-0.4, -0.2) is 22.5 Å². The van der Waals surface area contributed by atoms with Crippen LogP contribution in [0, 0.1) is 0 Å². The molecule has 1 heterocycles. The Hall–Kier alpha value is -2.10. The number of aromatic nitrogens is 2. The van der Waals surface area contributed by atoms with Crippen molar-refractivity contribution in [2.45, 2.75) is 45.4 Å². The second kappa shape index (κ2) is 9.03. The zero-order chi connectivity index (χ0) is 15.6. The minimum atomic E-state index is -0.224. The van der Waals surface area contributed by atoms with E-state index in [0.717, 1.165) is 44.3 Å². The van der Waals surface area contributed by atoms with Gasteiger partial charge in [-0.3, -0.25) is 0 Å². The summed E-state index contributed by atoms with van der Waals surface area (Å²) in [6.07, 6.45) is 9.81. The molecule has 0 saturated carbocycles. The van der Waals surface area contributed by atoms with E-state index in [2.05, 4.69) is 16.9 Å². The number of unbranched alkanes of at least 4 members (excludes halogenated alkanes) is 2. The first-order valence-corrected chi connectivity index (χ1v) is 8.04. The maximum atomic E-state index is 11.8. The lowest BCUT2D eigenvalue weighted by Crippen LogP contribution is -2.06. The number of aromatic amines is 1. The Kier molecular flexibility index (Phi) is 6.68. The normalized spacial score (nSPS) is 10.6. The summed E-state index contributed by atoms with van der Waals surface area (Å²) in [5.41, 5.74) is 1.89. The second-order valence-corrected chi connectivity index (χ2v) is 5.43. The number of hydrogen-bond donors (Lipinski definition) is 1. The van der Waals surface area contributed by atoms with Gasteiger partial charge >= 0.3 is 5.97 Å². The van der Waals surface area contributed by atoms with Crippen LogP contribution in [0.3, 0.4) is 0 Å². The summed E-state index contributed by atoms with van der Waals surface area (Å²) >= 11 is 0. The van der Waals surface area contributed by atoms with Crippen molar-refractivity contribution in [2.75, 3.05) is 6.61 Å². The predicted molar refractivity (Wildman–Crippen MR) is 86.9 cm³/mol. The molecule has 2 aromatic rings. The van der Waals surface area contributed by atoms with Gasteiger partial charge in [-0.15, -0.1) is 0 Å². The van der Waals surface area contributed by atoms with Crippen LogP contribution in [0.2, 0.25) is 0 Å². The SMILES string of the molecule is CCCCOC(=O)c1ccc(CCCCc2ncc[nH]2)cc1. The molecule has 1 aromatic heterocycles. The summed E-state index contributed by atoms with van der Waals surface area (Å²) < 4.78 is 5.20. The zero-order valence-corrected chi connectivity index (χ0v) is 13.2. The number of carbonyl (C=O) groups excluding carboxylic acids is 1. The minimum Gasteiger partial charge on any atom is -0.462 e. The Morgan fingerprint density at radius 3 is 2.59 bits per heavy atom. The Morgan fingerprint density at radius 1 is 1.14 bits per heavy atom. The maximum absolute atomic E-state index is 11.8. The van der Waals surface area contributed by atoms with E-state index in [-0.39, 0.29) is 5.97 Å².